The average molecular weight is 248 g/mol. The van der Waals surface area contributed by atoms with Gasteiger partial charge < -0.3 is 4.74 Å². The van der Waals surface area contributed by atoms with Crippen LogP contribution in [0.1, 0.15) is 46.1 Å². The van der Waals surface area contributed by atoms with Crippen LogP contribution in [0.3, 0.4) is 0 Å². The maximum Gasteiger partial charge on any atom is 0.302 e. The summed E-state index contributed by atoms with van der Waals surface area (Å²) in [7, 11) is 0. The van der Waals surface area contributed by atoms with Crippen molar-refractivity contribution in [3.63, 3.8) is 0 Å². The Hall–Kier alpha value is -1.31. The van der Waals surface area contributed by atoms with E-state index in [-0.39, 0.29) is 18.0 Å². The fraction of sp³-hybridized carbons (Fsp3) is 0.562. The summed E-state index contributed by atoms with van der Waals surface area (Å²) in [5, 5.41) is 0. The highest BCUT2D eigenvalue weighted by Gasteiger charge is 2.30. The molecule has 1 rings (SSSR count). The van der Waals surface area contributed by atoms with E-state index in [1.807, 2.05) is 18.2 Å². The van der Waals surface area contributed by atoms with E-state index in [2.05, 4.69) is 39.8 Å². The lowest BCUT2D eigenvalue weighted by atomic mass is 9.79. The van der Waals surface area contributed by atoms with Crippen molar-refractivity contribution in [2.24, 2.45) is 11.8 Å². The SMILES string of the molecule is CC(=O)O[C@@H](C(C)C)[C@@H](c1ccccc1)C(C)C. The Balaban J connectivity index is 3.05. The molecular weight excluding hydrogens is 224 g/mol. The van der Waals surface area contributed by atoms with Crippen molar-refractivity contribution < 1.29 is 9.53 Å². The predicted molar refractivity (Wildman–Crippen MR) is 74.4 cm³/mol. The zero-order valence-corrected chi connectivity index (χ0v) is 12.0. The first-order valence-corrected chi connectivity index (χ1v) is 6.65. The normalized spacial score (nSPS) is 14.6. The number of ether oxygens (including phenoxy) is 1. The van der Waals surface area contributed by atoms with Gasteiger partial charge in [0.1, 0.15) is 6.10 Å². The maximum absolute atomic E-state index is 11.3. The summed E-state index contributed by atoms with van der Waals surface area (Å²) in [6.07, 6.45) is -0.0649. The highest BCUT2D eigenvalue weighted by atomic mass is 16.5. The van der Waals surface area contributed by atoms with Crippen LogP contribution in [0.2, 0.25) is 0 Å². The van der Waals surface area contributed by atoms with Crippen molar-refractivity contribution >= 4 is 5.97 Å². The van der Waals surface area contributed by atoms with Crippen molar-refractivity contribution in [2.75, 3.05) is 0 Å². The van der Waals surface area contributed by atoms with Crippen LogP contribution in [0.25, 0.3) is 0 Å². The number of rotatable bonds is 5. The van der Waals surface area contributed by atoms with Gasteiger partial charge in [0, 0.05) is 12.8 Å². The van der Waals surface area contributed by atoms with Gasteiger partial charge in [-0.3, -0.25) is 4.79 Å². The second kappa shape index (κ2) is 6.58. The van der Waals surface area contributed by atoms with Gasteiger partial charge in [0.25, 0.3) is 0 Å². The van der Waals surface area contributed by atoms with Gasteiger partial charge in [-0.1, -0.05) is 58.0 Å². The molecule has 0 spiro atoms. The molecule has 0 radical (unpaired) electrons. The number of carbonyl (C=O) groups is 1. The lowest BCUT2D eigenvalue weighted by Gasteiger charge is -2.32. The largest absolute Gasteiger partial charge is 0.462 e. The minimum atomic E-state index is -0.199. The van der Waals surface area contributed by atoms with Crippen molar-refractivity contribution in [1.29, 1.82) is 0 Å². The highest BCUT2D eigenvalue weighted by Crippen LogP contribution is 2.33. The van der Waals surface area contributed by atoms with E-state index in [1.165, 1.54) is 12.5 Å². The smallest absolute Gasteiger partial charge is 0.302 e. The fourth-order valence-electron chi connectivity index (χ4n) is 2.44. The van der Waals surface area contributed by atoms with Crippen molar-refractivity contribution in [3.05, 3.63) is 35.9 Å². The van der Waals surface area contributed by atoms with Crippen molar-refractivity contribution in [1.82, 2.24) is 0 Å². The van der Waals surface area contributed by atoms with Crippen LogP contribution in [0.4, 0.5) is 0 Å². The first kappa shape index (κ1) is 14.7. The first-order valence-electron chi connectivity index (χ1n) is 6.65. The van der Waals surface area contributed by atoms with Gasteiger partial charge in [0.2, 0.25) is 0 Å². The van der Waals surface area contributed by atoms with Gasteiger partial charge in [0.15, 0.2) is 0 Å². The topological polar surface area (TPSA) is 26.3 Å². The van der Waals surface area contributed by atoms with Crippen LogP contribution in [-0.2, 0) is 9.53 Å². The van der Waals surface area contributed by atoms with E-state index in [1.54, 1.807) is 0 Å². The molecule has 0 heterocycles. The molecule has 2 nitrogen and oxygen atoms in total. The molecule has 0 aliphatic carbocycles. The Morgan fingerprint density at radius 1 is 1.00 bits per heavy atom. The quantitative estimate of drug-likeness (QED) is 0.736. The molecule has 1 aromatic rings. The van der Waals surface area contributed by atoms with Crippen LogP contribution in [-0.4, -0.2) is 12.1 Å². The third-order valence-corrected chi connectivity index (χ3v) is 3.22. The Kier molecular flexibility index (Phi) is 5.39. The summed E-state index contributed by atoms with van der Waals surface area (Å²) in [5.74, 6) is 0.783. The summed E-state index contributed by atoms with van der Waals surface area (Å²) >= 11 is 0. The molecule has 100 valence electrons. The van der Waals surface area contributed by atoms with Gasteiger partial charge in [-0.25, -0.2) is 0 Å². The average Bonchev–Trinajstić information content (AvgIpc) is 2.28. The van der Waals surface area contributed by atoms with E-state index < -0.39 is 0 Å². The third kappa shape index (κ3) is 3.86. The number of benzene rings is 1. The Morgan fingerprint density at radius 3 is 1.94 bits per heavy atom. The van der Waals surface area contributed by atoms with Gasteiger partial charge in [-0.05, 0) is 17.4 Å². The minimum Gasteiger partial charge on any atom is -0.462 e. The molecule has 1 aromatic carbocycles. The summed E-state index contributed by atoms with van der Waals surface area (Å²) in [5.41, 5.74) is 1.24. The maximum atomic E-state index is 11.3. The molecular formula is C16H24O2. The molecule has 0 amide bonds. The first-order chi connectivity index (χ1) is 8.43. The van der Waals surface area contributed by atoms with E-state index in [0.717, 1.165) is 0 Å². The van der Waals surface area contributed by atoms with Gasteiger partial charge in [0.05, 0.1) is 0 Å². The lowest BCUT2D eigenvalue weighted by Crippen LogP contribution is -2.32. The van der Waals surface area contributed by atoms with Crippen LogP contribution in [0, 0.1) is 11.8 Å². The van der Waals surface area contributed by atoms with Crippen molar-refractivity contribution in [2.45, 2.75) is 46.6 Å². The predicted octanol–water partition coefficient (Wildman–Crippen LogP) is 4.01. The standard InChI is InChI=1S/C16H24O2/c1-11(2)15(14-9-7-6-8-10-14)16(12(3)4)18-13(5)17/h6-12,15-16H,1-5H3/t15-,16+/m1/s1. The van der Waals surface area contributed by atoms with Gasteiger partial charge in [-0.15, -0.1) is 0 Å². The second-order valence-electron chi connectivity index (χ2n) is 5.50. The highest BCUT2D eigenvalue weighted by molar-refractivity contribution is 5.66. The Bertz CT molecular complexity index is 368. The van der Waals surface area contributed by atoms with Gasteiger partial charge >= 0.3 is 5.97 Å². The summed E-state index contributed by atoms with van der Waals surface area (Å²) in [6.45, 7) is 10.0. The van der Waals surface area contributed by atoms with Crippen LogP contribution < -0.4 is 0 Å². The van der Waals surface area contributed by atoms with Crippen LogP contribution in [0.5, 0.6) is 0 Å². The van der Waals surface area contributed by atoms with E-state index in [0.29, 0.717) is 11.8 Å². The molecule has 0 saturated heterocycles. The monoisotopic (exact) mass is 248 g/mol. The number of hydrogen-bond acceptors (Lipinski definition) is 2. The molecule has 2 atom stereocenters. The molecule has 0 N–H and O–H groups in total. The summed E-state index contributed by atoms with van der Waals surface area (Å²) < 4.78 is 5.55. The molecule has 0 fully saturated rings. The lowest BCUT2D eigenvalue weighted by molar-refractivity contribution is -0.150. The van der Waals surface area contributed by atoms with Crippen LogP contribution in [0.15, 0.2) is 30.3 Å². The fourth-order valence-corrected chi connectivity index (χ4v) is 2.44. The van der Waals surface area contributed by atoms with Crippen molar-refractivity contribution in [3.8, 4) is 0 Å². The Morgan fingerprint density at radius 2 is 1.56 bits per heavy atom. The second-order valence-corrected chi connectivity index (χ2v) is 5.50. The summed E-state index contributed by atoms with van der Waals surface area (Å²) in [6, 6.07) is 10.3. The molecule has 18 heavy (non-hydrogen) atoms. The minimum absolute atomic E-state index is 0.0649. The molecule has 0 unspecified atom stereocenters. The molecule has 0 aliphatic rings. The molecule has 0 aliphatic heterocycles. The summed E-state index contributed by atoms with van der Waals surface area (Å²) in [4.78, 5) is 11.3. The Labute approximate surface area is 110 Å². The third-order valence-electron chi connectivity index (χ3n) is 3.22. The molecule has 2 heteroatoms. The number of hydrogen-bond donors (Lipinski definition) is 0. The number of esters is 1. The van der Waals surface area contributed by atoms with E-state index >= 15 is 0 Å². The van der Waals surface area contributed by atoms with E-state index in [4.69, 9.17) is 4.74 Å². The van der Waals surface area contributed by atoms with E-state index in [9.17, 15) is 4.79 Å². The van der Waals surface area contributed by atoms with Crippen LogP contribution >= 0.6 is 0 Å². The molecule has 0 saturated carbocycles. The zero-order chi connectivity index (χ0) is 13.7. The zero-order valence-electron chi connectivity index (χ0n) is 12.0. The van der Waals surface area contributed by atoms with Gasteiger partial charge in [-0.2, -0.15) is 0 Å². The molecule has 0 aromatic heterocycles. The number of carbonyl (C=O) groups excluding carboxylic acids is 1. The molecule has 0 bridgehead atoms.